The van der Waals surface area contributed by atoms with Crippen LogP contribution in [0.25, 0.3) is 0 Å². The number of carbonyl (C=O) groups excluding carboxylic acids is 3. The Morgan fingerprint density at radius 3 is 2.42 bits per heavy atom. The van der Waals surface area contributed by atoms with Gasteiger partial charge in [0.25, 0.3) is 5.91 Å². The number of hydrogen-bond acceptors (Lipinski definition) is 6. The van der Waals surface area contributed by atoms with Crippen LogP contribution in [0.3, 0.4) is 0 Å². The quantitative estimate of drug-likeness (QED) is 0.452. The van der Waals surface area contributed by atoms with Crippen molar-refractivity contribution in [2.45, 2.75) is 51.0 Å². The van der Waals surface area contributed by atoms with Gasteiger partial charge < -0.3 is 30.7 Å². The van der Waals surface area contributed by atoms with Crippen molar-refractivity contribution >= 4 is 17.7 Å². The SMILES string of the molecule is COCCC1(C(=O)NC2Cc3ccccc3C2)CNC(=O)CCCNCCCNC(=O)COc2ccc(cc2)C1. The summed E-state index contributed by atoms with van der Waals surface area (Å²) in [7, 11) is 1.62. The van der Waals surface area contributed by atoms with Crippen molar-refractivity contribution < 1.29 is 23.9 Å². The summed E-state index contributed by atoms with van der Waals surface area (Å²) in [4.78, 5) is 39.0. The predicted molar refractivity (Wildman–Crippen MR) is 153 cm³/mol. The fraction of sp³-hybridized carbons (Fsp3) is 0.516. The summed E-state index contributed by atoms with van der Waals surface area (Å²) in [5, 5.41) is 12.5. The van der Waals surface area contributed by atoms with Crippen molar-refractivity contribution in [3.8, 4) is 5.75 Å². The lowest BCUT2D eigenvalue weighted by Crippen LogP contribution is -2.53. The largest absolute Gasteiger partial charge is 0.484 e. The average molecular weight is 551 g/mol. The molecule has 0 aromatic heterocycles. The highest BCUT2D eigenvalue weighted by atomic mass is 16.5. The van der Waals surface area contributed by atoms with Crippen LogP contribution in [0, 0.1) is 5.41 Å². The molecule has 9 heteroatoms. The molecule has 1 unspecified atom stereocenters. The van der Waals surface area contributed by atoms with Crippen LogP contribution < -0.4 is 26.0 Å². The third-order valence-electron chi connectivity index (χ3n) is 7.72. The first-order valence-corrected chi connectivity index (χ1v) is 14.3. The Balaban J connectivity index is 1.54. The lowest BCUT2D eigenvalue weighted by atomic mass is 9.77. The maximum atomic E-state index is 14.1. The molecule has 2 aliphatic heterocycles. The van der Waals surface area contributed by atoms with E-state index in [0.717, 1.165) is 31.4 Å². The van der Waals surface area contributed by atoms with E-state index >= 15 is 0 Å². The zero-order valence-corrected chi connectivity index (χ0v) is 23.4. The van der Waals surface area contributed by atoms with Gasteiger partial charge in [-0.3, -0.25) is 14.4 Å². The fourth-order valence-corrected chi connectivity index (χ4v) is 5.40. The van der Waals surface area contributed by atoms with Crippen molar-refractivity contribution in [1.82, 2.24) is 21.3 Å². The van der Waals surface area contributed by atoms with Gasteiger partial charge in [-0.25, -0.2) is 0 Å². The van der Waals surface area contributed by atoms with Crippen LogP contribution in [0.1, 0.15) is 42.4 Å². The second kappa shape index (κ2) is 14.8. The molecule has 1 aliphatic carbocycles. The van der Waals surface area contributed by atoms with E-state index in [-0.39, 0.29) is 36.9 Å². The fourth-order valence-electron chi connectivity index (χ4n) is 5.40. The van der Waals surface area contributed by atoms with E-state index in [1.165, 1.54) is 11.1 Å². The number of fused-ring (bicyclic) bond motifs is 18. The Hall–Kier alpha value is -3.43. The number of nitrogens with one attached hydrogen (secondary N) is 4. The number of amides is 3. The van der Waals surface area contributed by atoms with E-state index in [0.29, 0.717) is 51.1 Å². The Morgan fingerprint density at radius 1 is 0.975 bits per heavy atom. The molecule has 0 radical (unpaired) electrons. The molecule has 5 rings (SSSR count). The topological polar surface area (TPSA) is 118 Å². The Labute approximate surface area is 236 Å². The molecular weight excluding hydrogens is 508 g/mol. The summed E-state index contributed by atoms with van der Waals surface area (Å²) in [6, 6.07) is 15.8. The maximum absolute atomic E-state index is 14.1. The van der Waals surface area contributed by atoms with E-state index in [4.69, 9.17) is 9.47 Å². The molecule has 3 amide bonds. The number of benzene rings is 2. The standard InChI is InChI=1S/C31H42N4O5/c1-39-17-13-31(30(38)35-26-18-24-6-2-3-7-25(24)19-26)20-23-9-11-27(12-10-23)40-21-29(37)33-16-5-15-32-14-4-8-28(36)34-22-31/h2-3,6-7,9-12,26,32H,4-5,8,13-22H2,1H3,(H,33,37)(H,34,36)(H,35,38). The highest BCUT2D eigenvalue weighted by Gasteiger charge is 2.40. The third kappa shape index (κ3) is 8.53. The molecule has 40 heavy (non-hydrogen) atoms. The van der Waals surface area contributed by atoms with Gasteiger partial charge in [0.1, 0.15) is 5.75 Å². The normalized spacial score (nSPS) is 21.5. The zero-order chi connectivity index (χ0) is 28.2. The van der Waals surface area contributed by atoms with E-state index in [1.54, 1.807) is 7.11 Å². The first kappa shape index (κ1) is 29.6. The first-order chi connectivity index (χ1) is 19.5. The first-order valence-electron chi connectivity index (χ1n) is 14.3. The van der Waals surface area contributed by atoms with E-state index in [9.17, 15) is 14.4 Å². The van der Waals surface area contributed by atoms with E-state index < -0.39 is 5.41 Å². The van der Waals surface area contributed by atoms with Crippen molar-refractivity contribution in [1.29, 1.82) is 0 Å². The monoisotopic (exact) mass is 550 g/mol. The number of carbonyl (C=O) groups is 3. The van der Waals surface area contributed by atoms with Crippen molar-refractivity contribution in [3.63, 3.8) is 0 Å². The Morgan fingerprint density at radius 2 is 1.70 bits per heavy atom. The van der Waals surface area contributed by atoms with Crippen LogP contribution in [-0.4, -0.2) is 70.3 Å². The van der Waals surface area contributed by atoms with Crippen molar-refractivity contribution in [2.24, 2.45) is 5.41 Å². The number of ether oxygens (including phenoxy) is 2. The molecule has 2 aromatic carbocycles. The average Bonchev–Trinajstić information content (AvgIpc) is 3.37. The van der Waals surface area contributed by atoms with Gasteiger partial charge in [0.05, 0.1) is 5.41 Å². The van der Waals surface area contributed by atoms with E-state index in [1.807, 2.05) is 36.4 Å². The van der Waals surface area contributed by atoms with Crippen LogP contribution in [0.15, 0.2) is 48.5 Å². The number of methoxy groups -OCH3 is 1. The molecule has 2 bridgehead atoms. The second-order valence-electron chi connectivity index (χ2n) is 10.8. The highest BCUT2D eigenvalue weighted by Crippen LogP contribution is 2.30. The highest BCUT2D eigenvalue weighted by molar-refractivity contribution is 5.85. The molecule has 2 heterocycles. The van der Waals surface area contributed by atoms with Gasteiger partial charge in [-0.2, -0.15) is 0 Å². The van der Waals surface area contributed by atoms with Crippen LogP contribution in [0.5, 0.6) is 5.75 Å². The van der Waals surface area contributed by atoms with Crippen LogP contribution in [-0.2, 0) is 38.4 Å². The molecular formula is C31H42N4O5. The molecule has 2 aromatic rings. The van der Waals surface area contributed by atoms with Gasteiger partial charge in [0.2, 0.25) is 11.8 Å². The minimum absolute atomic E-state index is 0.00841. The molecule has 1 atom stereocenters. The molecule has 9 nitrogen and oxygen atoms in total. The number of hydrogen-bond donors (Lipinski definition) is 4. The smallest absolute Gasteiger partial charge is 0.257 e. The number of rotatable bonds is 5. The summed E-state index contributed by atoms with van der Waals surface area (Å²) in [5.74, 6) is 0.261. The van der Waals surface area contributed by atoms with Crippen molar-refractivity contribution in [3.05, 3.63) is 65.2 Å². The van der Waals surface area contributed by atoms with Gasteiger partial charge >= 0.3 is 0 Å². The maximum Gasteiger partial charge on any atom is 0.257 e. The van der Waals surface area contributed by atoms with Crippen LogP contribution in [0.4, 0.5) is 0 Å². The predicted octanol–water partition coefficient (Wildman–Crippen LogP) is 1.92. The summed E-state index contributed by atoms with van der Waals surface area (Å²) < 4.78 is 11.1. The van der Waals surface area contributed by atoms with Gasteiger partial charge in [0.15, 0.2) is 6.61 Å². The molecule has 3 aliphatic rings. The minimum atomic E-state index is -0.901. The van der Waals surface area contributed by atoms with E-state index in [2.05, 4.69) is 33.4 Å². The molecule has 0 saturated heterocycles. The molecule has 0 saturated carbocycles. The second-order valence-corrected chi connectivity index (χ2v) is 10.8. The summed E-state index contributed by atoms with van der Waals surface area (Å²) in [6.07, 6.45) is 4.30. The van der Waals surface area contributed by atoms with Gasteiger partial charge in [-0.15, -0.1) is 0 Å². The lowest BCUT2D eigenvalue weighted by Gasteiger charge is -2.34. The third-order valence-corrected chi connectivity index (χ3v) is 7.72. The summed E-state index contributed by atoms with van der Waals surface area (Å²) in [6.45, 7) is 2.56. The summed E-state index contributed by atoms with van der Waals surface area (Å²) >= 11 is 0. The lowest BCUT2D eigenvalue weighted by molar-refractivity contribution is -0.133. The zero-order valence-electron chi connectivity index (χ0n) is 23.4. The summed E-state index contributed by atoms with van der Waals surface area (Å²) in [5.41, 5.74) is 2.56. The Kier molecular flexibility index (Phi) is 10.9. The molecule has 4 N–H and O–H groups in total. The van der Waals surface area contributed by atoms with Crippen LogP contribution >= 0.6 is 0 Å². The Bertz CT molecular complexity index is 1110. The van der Waals surface area contributed by atoms with Crippen LogP contribution in [0.2, 0.25) is 0 Å². The molecule has 0 spiro atoms. The molecule has 216 valence electrons. The van der Waals surface area contributed by atoms with Gasteiger partial charge in [-0.1, -0.05) is 36.4 Å². The van der Waals surface area contributed by atoms with Gasteiger partial charge in [0, 0.05) is 39.3 Å². The minimum Gasteiger partial charge on any atom is -0.484 e. The van der Waals surface area contributed by atoms with Crippen molar-refractivity contribution in [2.75, 3.05) is 46.5 Å². The van der Waals surface area contributed by atoms with Gasteiger partial charge in [-0.05, 0) is 80.4 Å². The molecule has 0 fully saturated rings.